The molecule has 2 amide bonds. The van der Waals surface area contributed by atoms with Crippen molar-refractivity contribution in [2.45, 2.75) is 25.1 Å². The molecule has 6 nitrogen and oxygen atoms in total. The van der Waals surface area contributed by atoms with Crippen LogP contribution in [0, 0.1) is 5.82 Å². The molecule has 1 atom stereocenters. The Balaban J connectivity index is 1.90. The van der Waals surface area contributed by atoms with Crippen molar-refractivity contribution in [3.05, 3.63) is 59.9 Å². The van der Waals surface area contributed by atoms with E-state index >= 15 is 0 Å². The molecule has 0 saturated carbocycles. The molecule has 2 aromatic rings. The summed E-state index contributed by atoms with van der Waals surface area (Å²) in [4.78, 5) is 31.3. The molecule has 0 bridgehead atoms. The third kappa shape index (κ3) is 5.35. The Morgan fingerprint density at radius 2 is 1.93 bits per heavy atom. The van der Waals surface area contributed by atoms with Crippen molar-refractivity contribution in [3.63, 3.8) is 0 Å². The summed E-state index contributed by atoms with van der Waals surface area (Å²) in [7, 11) is 1.58. The first-order valence-electron chi connectivity index (χ1n) is 9.22. The smallest absolute Gasteiger partial charge is 0.234 e. The summed E-state index contributed by atoms with van der Waals surface area (Å²) >= 11 is 1.26. The van der Waals surface area contributed by atoms with Gasteiger partial charge >= 0.3 is 0 Å². The molecule has 0 radical (unpaired) electrons. The van der Waals surface area contributed by atoms with E-state index in [1.54, 1.807) is 43.5 Å². The second-order valence-corrected chi connectivity index (χ2v) is 7.57. The van der Waals surface area contributed by atoms with E-state index in [4.69, 9.17) is 4.74 Å². The van der Waals surface area contributed by atoms with Crippen molar-refractivity contribution in [2.24, 2.45) is 4.99 Å². The fraction of sp³-hybridized carbons (Fsp3) is 0.286. The number of ether oxygens (including phenoxy) is 1. The minimum absolute atomic E-state index is 0.0827. The van der Waals surface area contributed by atoms with Crippen LogP contribution < -0.4 is 10.1 Å². The van der Waals surface area contributed by atoms with Crippen molar-refractivity contribution in [1.82, 2.24) is 10.2 Å². The molecule has 1 heterocycles. The van der Waals surface area contributed by atoms with Gasteiger partial charge in [0.1, 0.15) is 11.6 Å². The highest BCUT2D eigenvalue weighted by atomic mass is 32.2. The standard InChI is InChI=1S/C21H22FN3O3S/c1-3-23-20(27)18-12-19(26)25(13-14-4-6-15(22)7-5-14)21(29-18)24-16-8-10-17(28-2)11-9-16/h4-11,18H,3,12-13H2,1-2H3,(H,23,27)/t18-/m0/s1. The highest BCUT2D eigenvalue weighted by Gasteiger charge is 2.35. The molecule has 0 unspecified atom stereocenters. The maximum Gasteiger partial charge on any atom is 0.234 e. The number of amides is 2. The third-order valence-electron chi connectivity index (χ3n) is 4.33. The van der Waals surface area contributed by atoms with E-state index in [2.05, 4.69) is 10.3 Å². The van der Waals surface area contributed by atoms with E-state index in [1.165, 1.54) is 28.8 Å². The number of thioether (sulfide) groups is 1. The lowest BCUT2D eigenvalue weighted by Crippen LogP contribution is -2.46. The fourth-order valence-electron chi connectivity index (χ4n) is 2.82. The molecule has 3 rings (SSSR count). The highest BCUT2D eigenvalue weighted by molar-refractivity contribution is 8.15. The summed E-state index contributed by atoms with van der Waals surface area (Å²) in [6.45, 7) is 2.58. The van der Waals surface area contributed by atoms with Gasteiger partial charge in [-0.2, -0.15) is 0 Å². The molecule has 0 aliphatic carbocycles. The zero-order valence-electron chi connectivity index (χ0n) is 16.2. The van der Waals surface area contributed by atoms with Crippen LogP contribution in [0.1, 0.15) is 18.9 Å². The van der Waals surface area contributed by atoms with Gasteiger partial charge in [-0.05, 0) is 48.9 Å². The van der Waals surface area contributed by atoms with Crippen molar-refractivity contribution >= 4 is 34.4 Å². The number of nitrogens with zero attached hydrogens (tertiary/aromatic N) is 2. The van der Waals surface area contributed by atoms with Gasteiger partial charge in [0, 0.05) is 13.0 Å². The number of carbonyl (C=O) groups excluding carboxylic acids is 2. The van der Waals surface area contributed by atoms with Gasteiger partial charge in [0.15, 0.2) is 5.17 Å². The second kappa shape index (κ2) is 9.56. The van der Waals surface area contributed by atoms with E-state index in [0.29, 0.717) is 23.1 Å². The number of hydrogen-bond acceptors (Lipinski definition) is 5. The van der Waals surface area contributed by atoms with Crippen molar-refractivity contribution < 1.29 is 18.7 Å². The summed E-state index contributed by atoms with van der Waals surface area (Å²) in [5.74, 6) is -0.0208. The predicted molar refractivity (Wildman–Crippen MR) is 112 cm³/mol. The number of hydrogen-bond donors (Lipinski definition) is 1. The van der Waals surface area contributed by atoms with Gasteiger partial charge in [0.05, 0.1) is 24.6 Å². The zero-order chi connectivity index (χ0) is 20.8. The number of amidine groups is 1. The normalized spacial score (nSPS) is 18.0. The van der Waals surface area contributed by atoms with Gasteiger partial charge in [-0.1, -0.05) is 23.9 Å². The molecule has 0 spiro atoms. The molecule has 152 valence electrons. The van der Waals surface area contributed by atoms with Crippen LogP contribution in [0.25, 0.3) is 0 Å². The average Bonchev–Trinajstić information content (AvgIpc) is 2.72. The van der Waals surface area contributed by atoms with Gasteiger partial charge in [0.25, 0.3) is 0 Å². The molecule has 2 aromatic carbocycles. The highest BCUT2D eigenvalue weighted by Crippen LogP contribution is 2.30. The van der Waals surface area contributed by atoms with Gasteiger partial charge < -0.3 is 10.1 Å². The Morgan fingerprint density at radius 1 is 1.24 bits per heavy atom. The van der Waals surface area contributed by atoms with E-state index in [0.717, 1.165) is 5.56 Å². The quantitative estimate of drug-likeness (QED) is 0.784. The Bertz CT molecular complexity index is 900. The van der Waals surface area contributed by atoms with Crippen LogP contribution >= 0.6 is 11.8 Å². The lowest BCUT2D eigenvalue weighted by atomic mass is 10.2. The molecular formula is C21H22FN3O3S. The van der Waals surface area contributed by atoms with Gasteiger partial charge in [0.2, 0.25) is 11.8 Å². The van der Waals surface area contributed by atoms with Crippen LogP contribution in [0.2, 0.25) is 0 Å². The lowest BCUT2D eigenvalue weighted by Gasteiger charge is -2.31. The van der Waals surface area contributed by atoms with Gasteiger partial charge in [-0.3, -0.25) is 14.5 Å². The first kappa shape index (κ1) is 20.9. The number of nitrogens with one attached hydrogen (secondary N) is 1. The van der Waals surface area contributed by atoms with Crippen molar-refractivity contribution in [2.75, 3.05) is 13.7 Å². The molecule has 0 aromatic heterocycles. The number of methoxy groups -OCH3 is 1. The van der Waals surface area contributed by atoms with Crippen molar-refractivity contribution in [1.29, 1.82) is 0 Å². The Hall–Kier alpha value is -2.87. The Labute approximate surface area is 173 Å². The molecule has 29 heavy (non-hydrogen) atoms. The van der Waals surface area contributed by atoms with E-state index in [-0.39, 0.29) is 30.6 Å². The Morgan fingerprint density at radius 3 is 2.55 bits per heavy atom. The monoisotopic (exact) mass is 415 g/mol. The van der Waals surface area contributed by atoms with Crippen LogP contribution in [0.4, 0.5) is 10.1 Å². The third-order valence-corrected chi connectivity index (χ3v) is 5.52. The van der Waals surface area contributed by atoms with Crippen molar-refractivity contribution in [3.8, 4) is 5.75 Å². The number of carbonyl (C=O) groups is 2. The summed E-state index contributed by atoms with van der Waals surface area (Å²) < 4.78 is 18.4. The topological polar surface area (TPSA) is 71.0 Å². The van der Waals surface area contributed by atoms with Crippen LogP contribution in [0.3, 0.4) is 0 Å². The predicted octanol–water partition coefficient (Wildman–Crippen LogP) is 3.49. The van der Waals surface area contributed by atoms with E-state index in [9.17, 15) is 14.0 Å². The molecule has 1 saturated heterocycles. The number of aliphatic imine (C=N–C) groups is 1. The average molecular weight is 415 g/mol. The minimum Gasteiger partial charge on any atom is -0.497 e. The lowest BCUT2D eigenvalue weighted by molar-refractivity contribution is -0.130. The number of benzene rings is 2. The zero-order valence-corrected chi connectivity index (χ0v) is 17.0. The molecule has 1 N–H and O–H groups in total. The Kier molecular flexibility index (Phi) is 6.87. The van der Waals surface area contributed by atoms with Crippen LogP contribution in [-0.2, 0) is 16.1 Å². The minimum atomic E-state index is -0.538. The second-order valence-electron chi connectivity index (χ2n) is 6.40. The maximum atomic E-state index is 13.2. The fourth-order valence-corrected chi connectivity index (χ4v) is 3.95. The van der Waals surface area contributed by atoms with Crippen LogP contribution in [0.15, 0.2) is 53.5 Å². The van der Waals surface area contributed by atoms with Crippen LogP contribution in [-0.4, -0.2) is 40.8 Å². The summed E-state index contributed by atoms with van der Waals surface area (Å²) in [5, 5.41) is 2.66. The molecule has 1 aliphatic heterocycles. The molecule has 1 aliphatic rings. The maximum absolute atomic E-state index is 13.2. The summed E-state index contributed by atoms with van der Waals surface area (Å²) in [5.41, 5.74) is 1.42. The molecule has 8 heteroatoms. The molecule has 1 fully saturated rings. The van der Waals surface area contributed by atoms with Gasteiger partial charge in [-0.25, -0.2) is 9.38 Å². The first-order valence-corrected chi connectivity index (χ1v) is 10.1. The molecular weight excluding hydrogens is 393 g/mol. The van der Waals surface area contributed by atoms with Crippen LogP contribution in [0.5, 0.6) is 5.75 Å². The summed E-state index contributed by atoms with van der Waals surface area (Å²) in [6.07, 6.45) is 0.0827. The van der Waals surface area contributed by atoms with E-state index < -0.39 is 5.25 Å². The first-order chi connectivity index (χ1) is 14.0. The summed E-state index contributed by atoms with van der Waals surface area (Å²) in [6, 6.07) is 13.1. The SMILES string of the molecule is CCNC(=O)[C@@H]1CC(=O)N(Cc2ccc(F)cc2)C(=Nc2ccc(OC)cc2)S1. The largest absolute Gasteiger partial charge is 0.497 e. The van der Waals surface area contributed by atoms with E-state index in [1.807, 2.05) is 6.92 Å². The number of rotatable bonds is 6. The van der Waals surface area contributed by atoms with Gasteiger partial charge in [-0.15, -0.1) is 0 Å². The number of halogens is 1.